The van der Waals surface area contributed by atoms with Crippen molar-refractivity contribution in [2.45, 2.75) is 51.6 Å². The number of hydrogen-bond acceptors (Lipinski definition) is 2. The molecular formula is C12H22BClO2. The van der Waals surface area contributed by atoms with Gasteiger partial charge in [-0.15, -0.1) is 18.2 Å². The lowest BCUT2D eigenvalue weighted by atomic mass is 9.76. The molecule has 1 atom stereocenters. The third-order valence-electron chi connectivity index (χ3n) is 3.61. The van der Waals surface area contributed by atoms with E-state index in [1.807, 2.05) is 6.08 Å². The number of rotatable bonds is 5. The Morgan fingerprint density at radius 3 is 2.12 bits per heavy atom. The van der Waals surface area contributed by atoms with Gasteiger partial charge in [-0.1, -0.05) is 6.08 Å². The summed E-state index contributed by atoms with van der Waals surface area (Å²) in [5, 5.41) is 0. The molecule has 0 aromatic heterocycles. The number of alkyl halides is 1. The van der Waals surface area contributed by atoms with E-state index >= 15 is 0 Å². The smallest absolute Gasteiger partial charge is 0.403 e. The number of allylic oxidation sites excluding steroid dienone is 1. The maximum atomic E-state index is 5.93. The van der Waals surface area contributed by atoms with Crippen LogP contribution in [0.4, 0.5) is 0 Å². The summed E-state index contributed by atoms with van der Waals surface area (Å²) in [6.45, 7) is 12.1. The zero-order valence-corrected chi connectivity index (χ0v) is 11.5. The third-order valence-corrected chi connectivity index (χ3v) is 3.83. The number of halogens is 1. The second-order valence-electron chi connectivity index (χ2n) is 5.40. The molecule has 16 heavy (non-hydrogen) atoms. The molecule has 0 bridgehead atoms. The predicted molar refractivity (Wildman–Crippen MR) is 69.9 cm³/mol. The van der Waals surface area contributed by atoms with Gasteiger partial charge in [0.05, 0.1) is 11.2 Å². The van der Waals surface area contributed by atoms with Crippen molar-refractivity contribution in [1.29, 1.82) is 0 Å². The van der Waals surface area contributed by atoms with Crippen molar-refractivity contribution in [1.82, 2.24) is 0 Å². The molecule has 0 amide bonds. The van der Waals surface area contributed by atoms with Crippen molar-refractivity contribution in [3.8, 4) is 0 Å². The van der Waals surface area contributed by atoms with Gasteiger partial charge in [-0.05, 0) is 46.4 Å². The molecule has 4 heteroatoms. The minimum atomic E-state index is -0.246. The van der Waals surface area contributed by atoms with Gasteiger partial charge >= 0.3 is 7.12 Å². The standard InChI is InChI=1S/C12H22BClO2/c1-6-10(7-8-14)9-13-15-11(2,3)12(4,5)16-13/h6,10H,1,7-9H2,2-5H3. The normalized spacial score (nSPS) is 24.4. The largest absolute Gasteiger partial charge is 0.458 e. The van der Waals surface area contributed by atoms with Crippen LogP contribution in [-0.4, -0.2) is 24.2 Å². The van der Waals surface area contributed by atoms with Crippen LogP contribution in [0.1, 0.15) is 34.1 Å². The van der Waals surface area contributed by atoms with Gasteiger partial charge in [0.25, 0.3) is 0 Å². The van der Waals surface area contributed by atoms with Crippen LogP contribution in [0.15, 0.2) is 12.7 Å². The molecule has 0 aliphatic carbocycles. The van der Waals surface area contributed by atoms with E-state index in [9.17, 15) is 0 Å². The van der Waals surface area contributed by atoms with Crippen LogP contribution in [0.2, 0.25) is 6.32 Å². The van der Waals surface area contributed by atoms with Crippen molar-refractivity contribution >= 4 is 18.7 Å². The van der Waals surface area contributed by atoms with Crippen LogP contribution in [0.3, 0.4) is 0 Å². The lowest BCUT2D eigenvalue weighted by Gasteiger charge is -2.32. The lowest BCUT2D eigenvalue weighted by molar-refractivity contribution is 0.00578. The van der Waals surface area contributed by atoms with Gasteiger partial charge < -0.3 is 9.31 Å². The van der Waals surface area contributed by atoms with Crippen LogP contribution >= 0.6 is 11.6 Å². The minimum Gasteiger partial charge on any atom is -0.403 e. The third kappa shape index (κ3) is 3.02. The Labute approximate surface area is 104 Å². The Morgan fingerprint density at radius 1 is 1.25 bits per heavy atom. The van der Waals surface area contributed by atoms with E-state index in [-0.39, 0.29) is 18.3 Å². The fourth-order valence-corrected chi connectivity index (χ4v) is 2.06. The summed E-state index contributed by atoms with van der Waals surface area (Å²) in [4.78, 5) is 0. The summed E-state index contributed by atoms with van der Waals surface area (Å²) in [5.74, 6) is 1.02. The predicted octanol–water partition coefficient (Wildman–Crippen LogP) is 3.51. The Kier molecular flexibility index (Phi) is 4.50. The van der Waals surface area contributed by atoms with Crippen molar-refractivity contribution in [2.24, 2.45) is 5.92 Å². The second-order valence-corrected chi connectivity index (χ2v) is 5.77. The molecule has 92 valence electrons. The van der Waals surface area contributed by atoms with Crippen LogP contribution < -0.4 is 0 Å². The van der Waals surface area contributed by atoms with Gasteiger partial charge in [0.1, 0.15) is 0 Å². The van der Waals surface area contributed by atoms with Crippen molar-refractivity contribution in [3.05, 3.63) is 12.7 Å². The lowest BCUT2D eigenvalue weighted by Crippen LogP contribution is -2.41. The monoisotopic (exact) mass is 244 g/mol. The van der Waals surface area contributed by atoms with E-state index in [0.717, 1.165) is 12.7 Å². The van der Waals surface area contributed by atoms with Crippen LogP contribution in [0.5, 0.6) is 0 Å². The Morgan fingerprint density at radius 2 is 1.75 bits per heavy atom. The van der Waals surface area contributed by atoms with E-state index in [1.54, 1.807) is 0 Å². The van der Waals surface area contributed by atoms with Gasteiger partial charge in [-0.2, -0.15) is 0 Å². The molecule has 2 nitrogen and oxygen atoms in total. The molecule has 1 aliphatic heterocycles. The fourth-order valence-electron chi connectivity index (χ4n) is 1.78. The molecule has 0 N–H and O–H groups in total. The summed E-state index contributed by atoms with van der Waals surface area (Å²) < 4.78 is 11.9. The Hall–Kier alpha value is 0.0149. The summed E-state index contributed by atoms with van der Waals surface area (Å²) in [5.41, 5.74) is -0.491. The molecule has 0 spiro atoms. The first-order chi connectivity index (χ1) is 7.32. The first-order valence-electron chi connectivity index (χ1n) is 5.86. The quantitative estimate of drug-likeness (QED) is 0.419. The van der Waals surface area contributed by atoms with Gasteiger partial charge in [0, 0.05) is 5.88 Å². The molecule has 0 aromatic carbocycles. The average Bonchev–Trinajstić information content (AvgIpc) is 2.34. The molecule has 1 heterocycles. The second kappa shape index (κ2) is 5.11. The summed E-state index contributed by atoms with van der Waals surface area (Å²) in [6.07, 6.45) is 3.70. The van der Waals surface area contributed by atoms with Crippen molar-refractivity contribution in [3.63, 3.8) is 0 Å². The van der Waals surface area contributed by atoms with Crippen molar-refractivity contribution in [2.75, 3.05) is 5.88 Å². The summed E-state index contributed by atoms with van der Waals surface area (Å²) in [6, 6.07) is 0. The van der Waals surface area contributed by atoms with Crippen LogP contribution in [0, 0.1) is 5.92 Å². The highest BCUT2D eigenvalue weighted by Crippen LogP contribution is 2.38. The molecule has 1 rings (SSSR count). The van der Waals surface area contributed by atoms with Crippen molar-refractivity contribution < 1.29 is 9.31 Å². The van der Waals surface area contributed by atoms with Gasteiger partial charge in [0.2, 0.25) is 0 Å². The van der Waals surface area contributed by atoms with E-state index in [0.29, 0.717) is 11.8 Å². The molecular weight excluding hydrogens is 222 g/mol. The minimum absolute atomic E-state index is 0.142. The molecule has 1 fully saturated rings. The van der Waals surface area contributed by atoms with E-state index in [2.05, 4.69) is 34.3 Å². The first-order valence-corrected chi connectivity index (χ1v) is 6.40. The zero-order chi connectivity index (χ0) is 12.4. The molecule has 1 saturated heterocycles. The molecule has 0 radical (unpaired) electrons. The van der Waals surface area contributed by atoms with Gasteiger partial charge in [-0.3, -0.25) is 0 Å². The molecule has 1 aliphatic rings. The fraction of sp³-hybridized carbons (Fsp3) is 0.833. The summed E-state index contributed by atoms with van der Waals surface area (Å²) >= 11 is 5.74. The maximum Gasteiger partial charge on any atom is 0.458 e. The van der Waals surface area contributed by atoms with Gasteiger partial charge in [-0.25, -0.2) is 0 Å². The summed E-state index contributed by atoms with van der Waals surface area (Å²) in [7, 11) is -0.142. The highest BCUT2D eigenvalue weighted by atomic mass is 35.5. The highest BCUT2D eigenvalue weighted by Gasteiger charge is 2.51. The van der Waals surface area contributed by atoms with E-state index in [4.69, 9.17) is 20.9 Å². The van der Waals surface area contributed by atoms with Crippen LogP contribution in [0.25, 0.3) is 0 Å². The highest BCUT2D eigenvalue weighted by molar-refractivity contribution is 6.45. The van der Waals surface area contributed by atoms with Gasteiger partial charge in [0.15, 0.2) is 0 Å². The number of hydrogen-bond donors (Lipinski definition) is 0. The Balaban J connectivity index is 2.56. The molecule has 0 aromatic rings. The molecule has 0 saturated carbocycles. The SMILES string of the molecule is C=CC(CCCl)CB1OC(C)(C)C(C)(C)O1. The van der Waals surface area contributed by atoms with E-state index < -0.39 is 0 Å². The molecule has 1 unspecified atom stereocenters. The first kappa shape index (κ1) is 14.1. The van der Waals surface area contributed by atoms with Crippen LogP contribution in [-0.2, 0) is 9.31 Å². The topological polar surface area (TPSA) is 18.5 Å². The van der Waals surface area contributed by atoms with E-state index in [1.165, 1.54) is 0 Å². The maximum absolute atomic E-state index is 5.93. The Bertz CT molecular complexity index is 237. The zero-order valence-electron chi connectivity index (χ0n) is 10.8. The average molecular weight is 245 g/mol.